The maximum Gasteiger partial charge on any atom is 0.222 e. The van der Waals surface area contributed by atoms with Crippen molar-refractivity contribution in [2.45, 2.75) is 26.3 Å². The number of nitrogens with zero attached hydrogens (tertiary/aromatic N) is 2. The van der Waals surface area contributed by atoms with Crippen molar-refractivity contribution in [2.75, 3.05) is 32.7 Å². The standard InChI is InChI=1S/C15H25N3O2/c1-13(11-16)4-5-15(19)18-8-6-17(7-9-18)12-14-3-2-10-20-14/h2-3,10,13H,4-9,11-12,16H2,1H3. The number of hydrogen-bond acceptors (Lipinski definition) is 4. The molecule has 1 aromatic rings. The van der Waals surface area contributed by atoms with Gasteiger partial charge in [0, 0.05) is 32.6 Å². The van der Waals surface area contributed by atoms with Gasteiger partial charge < -0.3 is 15.1 Å². The van der Waals surface area contributed by atoms with Gasteiger partial charge in [-0.05, 0) is 31.0 Å². The Morgan fingerprint density at radius 3 is 2.75 bits per heavy atom. The molecule has 1 amide bonds. The molecule has 0 spiro atoms. The van der Waals surface area contributed by atoms with Gasteiger partial charge in [0.2, 0.25) is 5.91 Å². The maximum absolute atomic E-state index is 12.1. The topological polar surface area (TPSA) is 62.7 Å². The van der Waals surface area contributed by atoms with Gasteiger partial charge in [-0.3, -0.25) is 9.69 Å². The van der Waals surface area contributed by atoms with E-state index < -0.39 is 0 Å². The Hall–Kier alpha value is -1.33. The van der Waals surface area contributed by atoms with Crippen LogP contribution < -0.4 is 5.73 Å². The van der Waals surface area contributed by atoms with E-state index in [2.05, 4.69) is 11.8 Å². The number of carbonyl (C=O) groups is 1. The molecule has 0 aromatic carbocycles. The molecule has 1 aliphatic heterocycles. The van der Waals surface area contributed by atoms with Crippen LogP contribution in [0, 0.1) is 5.92 Å². The Bertz CT molecular complexity index is 397. The molecule has 1 saturated heterocycles. The van der Waals surface area contributed by atoms with Gasteiger partial charge >= 0.3 is 0 Å². The van der Waals surface area contributed by atoms with Crippen LogP contribution in [-0.2, 0) is 11.3 Å². The van der Waals surface area contributed by atoms with Gasteiger partial charge in [-0.15, -0.1) is 0 Å². The molecule has 112 valence electrons. The van der Waals surface area contributed by atoms with Gasteiger partial charge in [-0.1, -0.05) is 6.92 Å². The van der Waals surface area contributed by atoms with Gasteiger partial charge in [0.25, 0.3) is 0 Å². The molecule has 20 heavy (non-hydrogen) atoms. The van der Waals surface area contributed by atoms with Crippen molar-refractivity contribution < 1.29 is 9.21 Å². The fourth-order valence-corrected chi connectivity index (χ4v) is 2.42. The van der Waals surface area contributed by atoms with Crippen molar-refractivity contribution in [3.63, 3.8) is 0 Å². The number of furan rings is 1. The van der Waals surface area contributed by atoms with E-state index in [1.807, 2.05) is 17.0 Å². The third kappa shape index (κ3) is 4.35. The zero-order valence-electron chi connectivity index (χ0n) is 12.3. The molecule has 0 bridgehead atoms. The van der Waals surface area contributed by atoms with Crippen LogP contribution in [0.15, 0.2) is 22.8 Å². The van der Waals surface area contributed by atoms with Crippen LogP contribution in [-0.4, -0.2) is 48.4 Å². The minimum Gasteiger partial charge on any atom is -0.468 e. The lowest BCUT2D eigenvalue weighted by Crippen LogP contribution is -2.48. The van der Waals surface area contributed by atoms with E-state index in [1.165, 1.54) is 0 Å². The molecule has 5 nitrogen and oxygen atoms in total. The molecule has 0 aliphatic carbocycles. The number of amides is 1. The lowest BCUT2D eigenvalue weighted by Gasteiger charge is -2.34. The number of hydrogen-bond donors (Lipinski definition) is 1. The number of piperazine rings is 1. The summed E-state index contributed by atoms with van der Waals surface area (Å²) in [4.78, 5) is 16.4. The van der Waals surface area contributed by atoms with Gasteiger partial charge in [0.05, 0.1) is 12.8 Å². The van der Waals surface area contributed by atoms with E-state index in [0.717, 1.165) is 44.9 Å². The molecule has 1 unspecified atom stereocenters. The van der Waals surface area contributed by atoms with Crippen LogP contribution in [0.4, 0.5) is 0 Å². The Kier molecular flexibility index (Phi) is 5.61. The summed E-state index contributed by atoms with van der Waals surface area (Å²) in [5.41, 5.74) is 5.58. The Morgan fingerprint density at radius 2 is 2.15 bits per heavy atom. The van der Waals surface area contributed by atoms with Crippen LogP contribution in [0.25, 0.3) is 0 Å². The highest BCUT2D eigenvalue weighted by Gasteiger charge is 2.21. The average molecular weight is 279 g/mol. The van der Waals surface area contributed by atoms with Crippen LogP contribution in [0.5, 0.6) is 0 Å². The maximum atomic E-state index is 12.1. The third-order valence-electron chi connectivity index (χ3n) is 3.94. The molecule has 1 atom stereocenters. The summed E-state index contributed by atoms with van der Waals surface area (Å²) < 4.78 is 5.35. The minimum atomic E-state index is 0.267. The average Bonchev–Trinajstić information content (AvgIpc) is 2.98. The van der Waals surface area contributed by atoms with Crippen molar-refractivity contribution in [2.24, 2.45) is 11.7 Å². The van der Waals surface area contributed by atoms with E-state index in [9.17, 15) is 4.79 Å². The predicted octanol–water partition coefficient (Wildman–Crippen LogP) is 1.30. The highest BCUT2D eigenvalue weighted by atomic mass is 16.3. The molecule has 2 heterocycles. The molecule has 1 fully saturated rings. The highest BCUT2D eigenvalue weighted by Crippen LogP contribution is 2.11. The number of rotatable bonds is 6. The first-order valence-corrected chi connectivity index (χ1v) is 7.41. The molecule has 2 rings (SSSR count). The predicted molar refractivity (Wildman–Crippen MR) is 78.0 cm³/mol. The van der Waals surface area contributed by atoms with Crippen LogP contribution in [0.1, 0.15) is 25.5 Å². The lowest BCUT2D eigenvalue weighted by atomic mass is 10.1. The van der Waals surface area contributed by atoms with Gasteiger partial charge in [0.1, 0.15) is 5.76 Å². The van der Waals surface area contributed by atoms with Crippen molar-refractivity contribution in [1.82, 2.24) is 9.80 Å². The molecule has 2 N–H and O–H groups in total. The van der Waals surface area contributed by atoms with Crippen LogP contribution in [0.2, 0.25) is 0 Å². The number of nitrogens with two attached hydrogens (primary N) is 1. The van der Waals surface area contributed by atoms with E-state index in [1.54, 1.807) is 6.26 Å². The first-order valence-electron chi connectivity index (χ1n) is 7.41. The quantitative estimate of drug-likeness (QED) is 0.852. The Morgan fingerprint density at radius 1 is 1.40 bits per heavy atom. The Labute approximate surface area is 120 Å². The van der Waals surface area contributed by atoms with Gasteiger partial charge in [-0.25, -0.2) is 0 Å². The van der Waals surface area contributed by atoms with Gasteiger partial charge in [0.15, 0.2) is 0 Å². The monoisotopic (exact) mass is 279 g/mol. The summed E-state index contributed by atoms with van der Waals surface area (Å²) in [6.45, 7) is 7.04. The fraction of sp³-hybridized carbons (Fsp3) is 0.667. The van der Waals surface area contributed by atoms with Crippen LogP contribution in [0.3, 0.4) is 0 Å². The zero-order chi connectivity index (χ0) is 14.4. The van der Waals surface area contributed by atoms with Crippen LogP contribution >= 0.6 is 0 Å². The number of carbonyl (C=O) groups excluding carboxylic acids is 1. The molecule has 5 heteroatoms. The largest absolute Gasteiger partial charge is 0.468 e. The second kappa shape index (κ2) is 7.45. The smallest absolute Gasteiger partial charge is 0.222 e. The summed E-state index contributed by atoms with van der Waals surface area (Å²) >= 11 is 0. The second-order valence-electron chi connectivity index (χ2n) is 5.62. The summed E-state index contributed by atoms with van der Waals surface area (Å²) in [6, 6.07) is 3.90. The summed E-state index contributed by atoms with van der Waals surface area (Å²) in [5, 5.41) is 0. The third-order valence-corrected chi connectivity index (χ3v) is 3.94. The molecule has 0 radical (unpaired) electrons. The minimum absolute atomic E-state index is 0.267. The highest BCUT2D eigenvalue weighted by molar-refractivity contribution is 5.76. The van der Waals surface area contributed by atoms with E-state index in [-0.39, 0.29) is 5.91 Å². The fourth-order valence-electron chi connectivity index (χ4n) is 2.42. The summed E-state index contributed by atoms with van der Waals surface area (Å²) in [6.07, 6.45) is 3.21. The molecule has 1 aromatic heterocycles. The van der Waals surface area contributed by atoms with Crippen molar-refractivity contribution in [3.8, 4) is 0 Å². The Balaban J connectivity index is 1.69. The van der Waals surface area contributed by atoms with Crippen molar-refractivity contribution >= 4 is 5.91 Å². The SMILES string of the molecule is CC(CN)CCC(=O)N1CCN(Cc2ccco2)CC1. The first kappa shape index (κ1) is 15.1. The molecule has 0 saturated carbocycles. The molecular formula is C15H25N3O2. The van der Waals surface area contributed by atoms with Crippen molar-refractivity contribution in [1.29, 1.82) is 0 Å². The normalized spacial score (nSPS) is 18.2. The summed E-state index contributed by atoms with van der Waals surface area (Å²) in [7, 11) is 0. The van der Waals surface area contributed by atoms with Gasteiger partial charge in [-0.2, -0.15) is 0 Å². The zero-order valence-corrected chi connectivity index (χ0v) is 12.3. The van der Waals surface area contributed by atoms with E-state index in [0.29, 0.717) is 18.9 Å². The summed E-state index contributed by atoms with van der Waals surface area (Å²) in [5.74, 6) is 1.68. The molecular weight excluding hydrogens is 254 g/mol. The second-order valence-corrected chi connectivity index (χ2v) is 5.62. The lowest BCUT2D eigenvalue weighted by molar-refractivity contribution is -0.133. The van der Waals surface area contributed by atoms with E-state index >= 15 is 0 Å². The van der Waals surface area contributed by atoms with E-state index in [4.69, 9.17) is 10.2 Å². The first-order chi connectivity index (χ1) is 9.69. The van der Waals surface area contributed by atoms with Crippen molar-refractivity contribution in [3.05, 3.63) is 24.2 Å². The molecule has 1 aliphatic rings.